The second-order valence-electron chi connectivity index (χ2n) is 10.4. The van der Waals surface area contributed by atoms with Crippen LogP contribution in [0.2, 0.25) is 0 Å². The smallest absolute Gasteiger partial charge is 0.328 e. The summed E-state index contributed by atoms with van der Waals surface area (Å²) < 4.78 is 10.2. The molecule has 3 N–H and O–H groups in total. The van der Waals surface area contributed by atoms with Crippen LogP contribution in [0.15, 0.2) is 30.3 Å². The lowest BCUT2D eigenvalue weighted by atomic mass is 9.80. The van der Waals surface area contributed by atoms with E-state index in [4.69, 9.17) is 9.47 Å². The number of ether oxygens (including phenoxy) is 2. The van der Waals surface area contributed by atoms with Crippen LogP contribution < -0.4 is 16.0 Å². The van der Waals surface area contributed by atoms with Crippen molar-refractivity contribution >= 4 is 29.6 Å². The number of Topliss-reactive ketones (excluding diaryl/α,β-unsaturated/α-hetero) is 1. The number of methoxy groups -OCH3 is 1. The molecule has 1 aliphatic heterocycles. The molecule has 2 atom stereocenters. The number of nitrogens with one attached hydrogen (secondary N) is 3. The predicted molar refractivity (Wildman–Crippen MR) is 147 cm³/mol. The topological polar surface area (TPSA) is 143 Å². The van der Waals surface area contributed by atoms with Crippen molar-refractivity contribution in [2.75, 3.05) is 33.4 Å². The molecule has 1 saturated carbocycles. The van der Waals surface area contributed by atoms with Gasteiger partial charge in [-0.15, -0.1) is 0 Å². The number of urea groups is 1. The molecule has 1 saturated heterocycles. The molecule has 11 nitrogen and oxygen atoms in total. The van der Waals surface area contributed by atoms with Crippen LogP contribution in [0, 0.1) is 0 Å². The summed E-state index contributed by atoms with van der Waals surface area (Å²) in [6.07, 6.45) is 5.09. The molecule has 1 aromatic rings. The highest BCUT2D eigenvalue weighted by atomic mass is 16.5. The Balaban J connectivity index is 1.73. The van der Waals surface area contributed by atoms with Crippen LogP contribution in [-0.4, -0.2) is 85.5 Å². The average molecular weight is 559 g/mol. The fourth-order valence-corrected chi connectivity index (χ4v) is 5.16. The molecule has 0 spiro atoms. The van der Waals surface area contributed by atoms with Crippen LogP contribution in [0.3, 0.4) is 0 Å². The Labute approximate surface area is 235 Å². The third-order valence-electron chi connectivity index (χ3n) is 7.55. The van der Waals surface area contributed by atoms with E-state index in [9.17, 15) is 24.0 Å². The summed E-state index contributed by atoms with van der Waals surface area (Å²) in [6.45, 7) is 3.69. The number of rotatable bonds is 12. The molecule has 2 fully saturated rings. The van der Waals surface area contributed by atoms with Crippen molar-refractivity contribution in [2.24, 2.45) is 0 Å². The summed E-state index contributed by atoms with van der Waals surface area (Å²) in [7, 11) is 1.22. The first-order valence-electron chi connectivity index (χ1n) is 14.2. The van der Waals surface area contributed by atoms with Crippen LogP contribution >= 0.6 is 0 Å². The van der Waals surface area contributed by atoms with Crippen molar-refractivity contribution in [1.29, 1.82) is 0 Å². The van der Waals surface area contributed by atoms with Gasteiger partial charge in [0.25, 0.3) is 5.91 Å². The molecule has 4 amide bonds. The van der Waals surface area contributed by atoms with Crippen LogP contribution in [-0.2, 0) is 35.1 Å². The molecule has 0 aromatic heterocycles. The van der Waals surface area contributed by atoms with Crippen molar-refractivity contribution in [3.63, 3.8) is 0 Å². The summed E-state index contributed by atoms with van der Waals surface area (Å²) in [5.74, 6) is -2.95. The van der Waals surface area contributed by atoms with Gasteiger partial charge >= 0.3 is 12.0 Å². The molecule has 0 radical (unpaired) electrons. The fraction of sp³-hybridized carbons (Fsp3) is 0.621. The van der Waals surface area contributed by atoms with Crippen LogP contribution in [0.5, 0.6) is 0 Å². The monoisotopic (exact) mass is 558 g/mol. The van der Waals surface area contributed by atoms with Gasteiger partial charge in [0.15, 0.2) is 0 Å². The molecular formula is C29H42N4O7. The van der Waals surface area contributed by atoms with Gasteiger partial charge < -0.3 is 30.3 Å². The number of nitrogens with zero attached hydrogens (tertiary/aromatic N) is 1. The van der Waals surface area contributed by atoms with E-state index in [-0.39, 0.29) is 18.9 Å². The van der Waals surface area contributed by atoms with Gasteiger partial charge in [-0.25, -0.2) is 9.59 Å². The van der Waals surface area contributed by atoms with Crippen LogP contribution in [0.1, 0.15) is 63.9 Å². The maximum absolute atomic E-state index is 13.7. The summed E-state index contributed by atoms with van der Waals surface area (Å²) >= 11 is 0. The number of hydrogen-bond donors (Lipinski definition) is 3. The predicted octanol–water partition coefficient (Wildman–Crippen LogP) is 1.88. The SMILES string of the molecule is CCCC[C@H](NC(=O)C1(NC(=O)N2CCOCC2)CCCCC1)C(=O)C(=O)NC(Cc1ccccc1)C(=O)OC. The molecule has 1 heterocycles. The number of hydrogen-bond acceptors (Lipinski definition) is 7. The lowest BCUT2D eigenvalue weighted by Crippen LogP contribution is -2.65. The molecule has 220 valence electrons. The van der Waals surface area contributed by atoms with Gasteiger partial charge in [0, 0.05) is 19.5 Å². The summed E-state index contributed by atoms with van der Waals surface area (Å²) in [6, 6.07) is 6.58. The molecule has 2 aliphatic rings. The third kappa shape index (κ3) is 8.51. The largest absolute Gasteiger partial charge is 0.467 e. The van der Waals surface area contributed by atoms with E-state index in [1.54, 1.807) is 4.90 Å². The number of amides is 4. The van der Waals surface area contributed by atoms with E-state index in [0.717, 1.165) is 31.2 Å². The van der Waals surface area contributed by atoms with Crippen molar-refractivity contribution in [2.45, 2.75) is 82.3 Å². The Morgan fingerprint density at radius 1 is 0.975 bits per heavy atom. The highest BCUT2D eigenvalue weighted by Gasteiger charge is 2.43. The first-order valence-corrected chi connectivity index (χ1v) is 14.2. The van der Waals surface area contributed by atoms with Crippen molar-refractivity contribution in [3.8, 4) is 0 Å². The summed E-state index contributed by atoms with van der Waals surface area (Å²) in [4.78, 5) is 67.2. The van der Waals surface area contributed by atoms with Gasteiger partial charge in [-0.2, -0.15) is 0 Å². The molecule has 1 unspecified atom stereocenters. The number of morpholine rings is 1. The van der Waals surface area contributed by atoms with E-state index in [2.05, 4.69) is 16.0 Å². The normalized spacial score (nSPS) is 18.1. The quantitative estimate of drug-likeness (QED) is 0.263. The van der Waals surface area contributed by atoms with Gasteiger partial charge in [-0.1, -0.05) is 69.4 Å². The molecule has 1 aliphatic carbocycles. The Kier molecular flexibility index (Phi) is 11.9. The van der Waals surface area contributed by atoms with Gasteiger partial charge in [0.1, 0.15) is 11.6 Å². The summed E-state index contributed by atoms with van der Waals surface area (Å²) in [5, 5.41) is 8.26. The molecule has 0 bridgehead atoms. The Hall–Kier alpha value is -3.47. The van der Waals surface area contributed by atoms with Crippen molar-refractivity contribution < 1.29 is 33.4 Å². The minimum atomic E-state index is -1.17. The first-order chi connectivity index (χ1) is 19.3. The molecule has 11 heteroatoms. The van der Waals surface area contributed by atoms with Crippen molar-refractivity contribution in [1.82, 2.24) is 20.9 Å². The van der Waals surface area contributed by atoms with Gasteiger partial charge in [0.2, 0.25) is 11.7 Å². The number of carbonyl (C=O) groups is 5. The number of ketones is 1. The number of unbranched alkanes of at least 4 members (excludes halogenated alkanes) is 1. The molecule has 40 heavy (non-hydrogen) atoms. The fourth-order valence-electron chi connectivity index (χ4n) is 5.16. The highest BCUT2D eigenvalue weighted by Crippen LogP contribution is 2.29. The van der Waals surface area contributed by atoms with E-state index in [1.807, 2.05) is 37.3 Å². The number of carbonyl (C=O) groups excluding carboxylic acids is 5. The van der Waals surface area contributed by atoms with Crippen molar-refractivity contribution in [3.05, 3.63) is 35.9 Å². The molecular weight excluding hydrogens is 516 g/mol. The maximum atomic E-state index is 13.7. The zero-order valence-electron chi connectivity index (χ0n) is 23.5. The molecule has 1 aromatic carbocycles. The second-order valence-corrected chi connectivity index (χ2v) is 10.4. The van der Waals surface area contributed by atoms with Gasteiger partial charge in [-0.3, -0.25) is 14.4 Å². The third-order valence-corrected chi connectivity index (χ3v) is 7.55. The van der Waals surface area contributed by atoms with E-state index < -0.39 is 41.2 Å². The van der Waals surface area contributed by atoms with Crippen LogP contribution in [0.25, 0.3) is 0 Å². The Morgan fingerprint density at radius 2 is 1.65 bits per heavy atom. The number of benzene rings is 1. The minimum absolute atomic E-state index is 0.148. The second kappa shape index (κ2) is 15.4. The van der Waals surface area contributed by atoms with Crippen LogP contribution in [0.4, 0.5) is 4.79 Å². The van der Waals surface area contributed by atoms with E-state index in [1.165, 1.54) is 7.11 Å². The Bertz CT molecular complexity index is 1020. The summed E-state index contributed by atoms with van der Waals surface area (Å²) in [5.41, 5.74) is -0.381. The highest BCUT2D eigenvalue weighted by molar-refractivity contribution is 6.38. The van der Waals surface area contributed by atoms with Gasteiger partial charge in [0.05, 0.1) is 26.4 Å². The zero-order valence-corrected chi connectivity index (χ0v) is 23.5. The lowest BCUT2D eigenvalue weighted by Gasteiger charge is -2.39. The average Bonchev–Trinajstić information content (AvgIpc) is 2.99. The zero-order chi connectivity index (χ0) is 29.0. The standard InChI is InChI=1S/C29H42N4O7/c1-3-4-13-22(24(34)25(35)30-23(26(36)39-2)20-21-11-7-5-8-12-21)31-27(37)29(14-9-6-10-15-29)32-28(38)33-16-18-40-19-17-33/h5,7-8,11-12,22-23H,3-4,6,9-10,13-20H2,1-2H3,(H,30,35)(H,31,37)(H,32,38)/t22-,23?/m0/s1. The first kappa shape index (κ1) is 31.1. The molecule has 3 rings (SSSR count). The minimum Gasteiger partial charge on any atom is -0.467 e. The van der Waals surface area contributed by atoms with E-state index in [0.29, 0.717) is 45.6 Å². The Morgan fingerprint density at radius 3 is 2.27 bits per heavy atom. The lowest BCUT2D eigenvalue weighted by molar-refractivity contribution is -0.147. The van der Waals surface area contributed by atoms with E-state index >= 15 is 0 Å². The maximum Gasteiger partial charge on any atom is 0.328 e. The number of esters is 1. The van der Waals surface area contributed by atoms with Gasteiger partial charge in [-0.05, 0) is 24.8 Å².